The van der Waals surface area contributed by atoms with E-state index in [4.69, 9.17) is 11.6 Å². The number of nitrogens with one attached hydrogen (secondary N) is 1. The summed E-state index contributed by atoms with van der Waals surface area (Å²) in [6.45, 7) is 5.94. The lowest BCUT2D eigenvalue weighted by Crippen LogP contribution is -2.36. The van der Waals surface area contributed by atoms with Crippen LogP contribution < -0.4 is 9.62 Å². The van der Waals surface area contributed by atoms with Gasteiger partial charge in [-0.2, -0.15) is 0 Å². The van der Waals surface area contributed by atoms with Crippen LogP contribution in [-0.2, 0) is 10.0 Å². The van der Waals surface area contributed by atoms with Gasteiger partial charge < -0.3 is 5.32 Å². The summed E-state index contributed by atoms with van der Waals surface area (Å²) >= 11 is 6.10. The average molecular weight is 333 g/mol. The van der Waals surface area contributed by atoms with Crippen LogP contribution in [0, 0.1) is 5.92 Å². The fourth-order valence-electron chi connectivity index (χ4n) is 1.53. The summed E-state index contributed by atoms with van der Waals surface area (Å²) < 4.78 is 24.1. The number of amides is 1. The second-order valence-corrected chi connectivity index (χ2v) is 7.82. The molecule has 118 valence electrons. The van der Waals surface area contributed by atoms with Crippen molar-refractivity contribution < 1.29 is 13.2 Å². The number of carbonyl (C=O) groups is 1. The van der Waals surface area contributed by atoms with Crippen molar-refractivity contribution in [2.24, 2.45) is 5.92 Å². The molecule has 0 fully saturated rings. The lowest BCUT2D eigenvalue weighted by atomic mass is 10.1. The van der Waals surface area contributed by atoms with Gasteiger partial charge in [0, 0.05) is 13.1 Å². The molecule has 0 spiro atoms. The maximum absolute atomic E-state index is 12.1. The van der Waals surface area contributed by atoms with E-state index >= 15 is 0 Å². The Balaban J connectivity index is 3.01. The topological polar surface area (TPSA) is 66.5 Å². The molecule has 1 aromatic rings. The Hall–Kier alpha value is -1.27. The fourth-order valence-corrected chi connectivity index (χ4v) is 2.28. The number of hydrogen-bond donors (Lipinski definition) is 1. The Morgan fingerprint density at radius 3 is 2.29 bits per heavy atom. The highest BCUT2D eigenvalue weighted by Crippen LogP contribution is 2.24. The van der Waals surface area contributed by atoms with Gasteiger partial charge in [-0.25, -0.2) is 8.42 Å². The SMILES string of the molecule is CC(C)[C@@H](C)NC(=O)c1ccc(N(C)S(C)(=O)=O)cc1Cl. The van der Waals surface area contributed by atoms with E-state index in [-0.39, 0.29) is 17.0 Å². The third-order valence-corrected chi connectivity index (χ3v) is 4.94. The molecule has 0 aromatic heterocycles. The van der Waals surface area contributed by atoms with E-state index in [9.17, 15) is 13.2 Å². The molecule has 1 rings (SSSR count). The quantitative estimate of drug-likeness (QED) is 0.901. The molecule has 21 heavy (non-hydrogen) atoms. The summed E-state index contributed by atoms with van der Waals surface area (Å²) in [6, 6.07) is 4.58. The van der Waals surface area contributed by atoms with E-state index < -0.39 is 10.0 Å². The molecular weight excluding hydrogens is 312 g/mol. The number of rotatable bonds is 5. The fraction of sp³-hybridized carbons (Fsp3) is 0.500. The number of nitrogens with zero attached hydrogens (tertiary/aromatic N) is 1. The van der Waals surface area contributed by atoms with Crippen LogP contribution in [0.15, 0.2) is 18.2 Å². The number of anilines is 1. The molecule has 0 bridgehead atoms. The normalized spacial score (nSPS) is 13.1. The Bertz CT molecular complexity index is 629. The number of carbonyl (C=O) groups excluding carboxylic acids is 1. The summed E-state index contributed by atoms with van der Waals surface area (Å²) in [5.41, 5.74) is 0.741. The van der Waals surface area contributed by atoms with Crippen molar-refractivity contribution in [2.75, 3.05) is 17.6 Å². The third-order valence-electron chi connectivity index (χ3n) is 3.42. The number of hydrogen-bond acceptors (Lipinski definition) is 3. The van der Waals surface area contributed by atoms with Gasteiger partial charge >= 0.3 is 0 Å². The van der Waals surface area contributed by atoms with E-state index in [1.165, 1.54) is 19.2 Å². The lowest BCUT2D eigenvalue weighted by Gasteiger charge is -2.19. The summed E-state index contributed by atoms with van der Waals surface area (Å²) in [4.78, 5) is 12.1. The second-order valence-electron chi connectivity index (χ2n) is 5.40. The molecular formula is C14H21ClN2O3S. The molecule has 0 saturated carbocycles. The molecule has 1 atom stereocenters. The van der Waals surface area contributed by atoms with Crippen LogP contribution in [0.5, 0.6) is 0 Å². The van der Waals surface area contributed by atoms with E-state index in [1.807, 2.05) is 20.8 Å². The van der Waals surface area contributed by atoms with Gasteiger partial charge in [0.2, 0.25) is 10.0 Å². The molecule has 5 nitrogen and oxygen atoms in total. The Kier molecular flexibility index (Phi) is 5.64. The Morgan fingerprint density at radius 1 is 1.29 bits per heavy atom. The number of halogens is 1. The predicted octanol–water partition coefficient (Wildman–Crippen LogP) is 2.51. The van der Waals surface area contributed by atoms with E-state index in [2.05, 4.69) is 5.32 Å². The largest absolute Gasteiger partial charge is 0.349 e. The zero-order valence-electron chi connectivity index (χ0n) is 12.8. The standard InChI is InChI=1S/C14H21ClN2O3S/c1-9(2)10(3)16-14(18)12-7-6-11(8-13(12)15)17(4)21(5,19)20/h6-10H,1-5H3,(H,16,18)/t10-/m1/s1. The minimum atomic E-state index is -3.36. The van der Waals surface area contributed by atoms with Gasteiger partial charge in [-0.05, 0) is 31.0 Å². The molecule has 0 unspecified atom stereocenters. The van der Waals surface area contributed by atoms with Gasteiger partial charge in [0.05, 0.1) is 22.5 Å². The molecule has 1 amide bonds. The number of benzene rings is 1. The molecule has 0 aliphatic carbocycles. The highest BCUT2D eigenvalue weighted by molar-refractivity contribution is 7.92. The van der Waals surface area contributed by atoms with E-state index in [1.54, 1.807) is 6.07 Å². The van der Waals surface area contributed by atoms with Crippen molar-refractivity contribution >= 4 is 33.2 Å². The smallest absolute Gasteiger partial charge is 0.253 e. The Morgan fingerprint density at radius 2 is 1.86 bits per heavy atom. The number of sulfonamides is 1. The summed E-state index contributed by atoms with van der Waals surface area (Å²) in [5.74, 6) is 0.0399. The summed E-state index contributed by atoms with van der Waals surface area (Å²) in [6.07, 6.45) is 1.10. The van der Waals surface area contributed by atoms with E-state index in [0.717, 1.165) is 10.6 Å². The van der Waals surface area contributed by atoms with Crippen LogP contribution in [0.3, 0.4) is 0 Å². The molecule has 1 N–H and O–H groups in total. The van der Waals surface area contributed by atoms with Crippen molar-refractivity contribution in [1.82, 2.24) is 5.32 Å². The van der Waals surface area contributed by atoms with Crippen LogP contribution in [0.4, 0.5) is 5.69 Å². The van der Waals surface area contributed by atoms with Crippen LogP contribution in [0.25, 0.3) is 0 Å². The molecule has 0 saturated heterocycles. The minimum Gasteiger partial charge on any atom is -0.349 e. The van der Waals surface area contributed by atoms with Crippen molar-refractivity contribution in [3.63, 3.8) is 0 Å². The highest BCUT2D eigenvalue weighted by Gasteiger charge is 2.18. The molecule has 7 heteroatoms. The zero-order chi connectivity index (χ0) is 16.4. The van der Waals surface area contributed by atoms with Crippen molar-refractivity contribution in [2.45, 2.75) is 26.8 Å². The monoisotopic (exact) mass is 332 g/mol. The first-order chi connectivity index (χ1) is 9.54. The molecule has 0 heterocycles. The minimum absolute atomic E-state index is 0.0203. The maximum atomic E-state index is 12.1. The predicted molar refractivity (Wildman–Crippen MR) is 86.5 cm³/mol. The van der Waals surface area contributed by atoms with Crippen LogP contribution in [0.2, 0.25) is 5.02 Å². The first-order valence-electron chi connectivity index (χ1n) is 6.58. The molecule has 0 aliphatic rings. The second kappa shape index (κ2) is 6.66. The van der Waals surface area contributed by atoms with Gasteiger partial charge in [-0.3, -0.25) is 9.10 Å². The molecule has 1 aromatic carbocycles. The molecule has 0 radical (unpaired) electrons. The van der Waals surface area contributed by atoms with Crippen molar-refractivity contribution in [1.29, 1.82) is 0 Å². The van der Waals surface area contributed by atoms with Gasteiger partial charge in [0.15, 0.2) is 0 Å². The third kappa shape index (κ3) is 4.61. The first kappa shape index (κ1) is 17.8. The lowest BCUT2D eigenvalue weighted by molar-refractivity contribution is 0.0930. The van der Waals surface area contributed by atoms with Gasteiger partial charge in [0.25, 0.3) is 5.91 Å². The van der Waals surface area contributed by atoms with Crippen molar-refractivity contribution in [3.8, 4) is 0 Å². The summed E-state index contributed by atoms with van der Waals surface area (Å²) in [5, 5.41) is 3.08. The van der Waals surface area contributed by atoms with Crippen molar-refractivity contribution in [3.05, 3.63) is 28.8 Å². The first-order valence-corrected chi connectivity index (χ1v) is 8.81. The Labute approximate surface area is 131 Å². The molecule has 0 aliphatic heterocycles. The summed E-state index contributed by atoms with van der Waals surface area (Å²) in [7, 11) is -1.93. The van der Waals surface area contributed by atoms with Gasteiger partial charge in [-0.1, -0.05) is 25.4 Å². The van der Waals surface area contributed by atoms with Gasteiger partial charge in [-0.15, -0.1) is 0 Å². The average Bonchev–Trinajstić information content (AvgIpc) is 2.36. The zero-order valence-corrected chi connectivity index (χ0v) is 14.4. The van der Waals surface area contributed by atoms with Gasteiger partial charge in [0.1, 0.15) is 0 Å². The van der Waals surface area contributed by atoms with E-state index in [0.29, 0.717) is 17.2 Å². The van der Waals surface area contributed by atoms with Crippen LogP contribution in [-0.4, -0.2) is 33.7 Å². The highest BCUT2D eigenvalue weighted by atomic mass is 35.5. The van der Waals surface area contributed by atoms with Crippen LogP contribution >= 0.6 is 11.6 Å². The van der Waals surface area contributed by atoms with Crippen LogP contribution in [0.1, 0.15) is 31.1 Å². The maximum Gasteiger partial charge on any atom is 0.253 e.